The zero-order valence-electron chi connectivity index (χ0n) is 29.2. The number of aryl methyl sites for hydroxylation is 2. The van der Waals surface area contributed by atoms with E-state index in [-0.39, 0.29) is 0 Å². The lowest BCUT2D eigenvalue weighted by molar-refractivity contribution is 0.932. The van der Waals surface area contributed by atoms with Crippen LogP contribution < -0.4 is 10.0 Å². The summed E-state index contributed by atoms with van der Waals surface area (Å²) in [6.07, 6.45) is 0. The molecule has 1 aliphatic rings. The standard InChI is InChI=1S/C48H32N4S/c1-29-23-26-33(27-24-29)51-39-28-25-31-14-6-7-17-34(31)43(39)44-36-19-9-8-18-35(36)42-37-20-10-11-22-40(37)53-47(42)46(44)52(51)48-49-38-21-12-13-30(2)41(38)45(50-48)32-15-4-3-5-16-32/h3-28H,1-2H3. The SMILES string of the molecule is Cc1ccc(N2c3ccc4ccccc4c3-c3c(c4sc5ccccc5c4c4ccccc34)N2c2nc(-c3ccccc3)c3c(C)cccc3n2)cc1. The van der Waals surface area contributed by atoms with E-state index in [0.29, 0.717) is 5.95 Å². The van der Waals surface area contributed by atoms with Gasteiger partial charge in [-0.15, -0.1) is 11.3 Å². The van der Waals surface area contributed by atoms with Gasteiger partial charge in [0.1, 0.15) is 0 Å². The van der Waals surface area contributed by atoms with E-state index in [0.717, 1.165) is 44.8 Å². The molecule has 0 N–H and O–H groups in total. The minimum Gasteiger partial charge on any atom is -0.246 e. The zero-order valence-corrected chi connectivity index (χ0v) is 30.0. The van der Waals surface area contributed by atoms with Crippen LogP contribution in [0.25, 0.3) is 75.0 Å². The van der Waals surface area contributed by atoms with Gasteiger partial charge in [0, 0.05) is 37.5 Å². The molecule has 4 nitrogen and oxygen atoms in total. The Kier molecular flexibility index (Phi) is 6.52. The van der Waals surface area contributed by atoms with Gasteiger partial charge in [-0.3, -0.25) is 0 Å². The van der Waals surface area contributed by atoms with Gasteiger partial charge in [-0.25, -0.2) is 20.0 Å². The molecular formula is C48H32N4S. The highest BCUT2D eigenvalue weighted by Crippen LogP contribution is 2.59. The fourth-order valence-corrected chi connectivity index (χ4v) is 9.63. The van der Waals surface area contributed by atoms with Crippen LogP contribution in [0.3, 0.4) is 0 Å². The van der Waals surface area contributed by atoms with Crippen molar-refractivity contribution in [2.24, 2.45) is 0 Å². The van der Waals surface area contributed by atoms with Crippen molar-refractivity contribution in [3.63, 3.8) is 0 Å². The first-order valence-electron chi connectivity index (χ1n) is 18.0. The molecule has 11 rings (SSSR count). The Morgan fingerprint density at radius 3 is 2.06 bits per heavy atom. The quantitative estimate of drug-likeness (QED) is 0.184. The first-order chi connectivity index (χ1) is 26.1. The summed E-state index contributed by atoms with van der Waals surface area (Å²) >= 11 is 1.85. The minimum atomic E-state index is 0.622. The average molecular weight is 697 g/mol. The number of anilines is 4. The molecule has 2 aromatic heterocycles. The summed E-state index contributed by atoms with van der Waals surface area (Å²) in [6.45, 7) is 4.29. The van der Waals surface area contributed by atoms with Gasteiger partial charge in [-0.2, -0.15) is 0 Å². The molecule has 8 aromatic carbocycles. The number of fused-ring (bicyclic) bond motifs is 13. The van der Waals surface area contributed by atoms with Gasteiger partial charge in [0.25, 0.3) is 5.95 Å². The number of thiophene rings is 1. The van der Waals surface area contributed by atoms with Gasteiger partial charge in [0.2, 0.25) is 0 Å². The number of hydrazine groups is 1. The van der Waals surface area contributed by atoms with Crippen molar-refractivity contribution in [1.82, 2.24) is 9.97 Å². The Bertz CT molecular complexity index is 3090. The highest BCUT2D eigenvalue weighted by molar-refractivity contribution is 7.26. The molecule has 53 heavy (non-hydrogen) atoms. The van der Waals surface area contributed by atoms with Crippen molar-refractivity contribution in [2.45, 2.75) is 13.8 Å². The third kappa shape index (κ3) is 4.41. The molecule has 3 heterocycles. The molecule has 250 valence electrons. The topological polar surface area (TPSA) is 32.3 Å². The molecule has 1 aliphatic heterocycles. The van der Waals surface area contributed by atoms with Gasteiger partial charge < -0.3 is 0 Å². The minimum absolute atomic E-state index is 0.622. The molecule has 0 aliphatic carbocycles. The van der Waals surface area contributed by atoms with E-state index in [1.165, 1.54) is 58.4 Å². The molecule has 0 saturated heterocycles. The first kappa shape index (κ1) is 30.1. The van der Waals surface area contributed by atoms with Crippen LogP contribution in [-0.4, -0.2) is 9.97 Å². The summed E-state index contributed by atoms with van der Waals surface area (Å²) in [7, 11) is 0. The third-order valence-electron chi connectivity index (χ3n) is 10.7. The van der Waals surface area contributed by atoms with Crippen molar-refractivity contribution < 1.29 is 0 Å². The second kappa shape index (κ2) is 11.5. The van der Waals surface area contributed by atoms with Crippen molar-refractivity contribution in [1.29, 1.82) is 0 Å². The Balaban J connectivity index is 1.37. The average Bonchev–Trinajstić information content (AvgIpc) is 3.60. The van der Waals surface area contributed by atoms with Crippen LogP contribution in [0.2, 0.25) is 0 Å². The maximum Gasteiger partial charge on any atom is 0.251 e. The fraction of sp³-hybridized carbons (Fsp3) is 0.0417. The molecule has 0 unspecified atom stereocenters. The molecule has 0 saturated carbocycles. The van der Waals surface area contributed by atoms with Crippen molar-refractivity contribution in [3.8, 4) is 22.4 Å². The second-order valence-corrected chi connectivity index (χ2v) is 15.0. The summed E-state index contributed by atoms with van der Waals surface area (Å²) in [4.78, 5) is 11.1. The number of hydrogen-bond donors (Lipinski definition) is 0. The van der Waals surface area contributed by atoms with Gasteiger partial charge in [0.05, 0.1) is 33.0 Å². The number of benzene rings is 8. The second-order valence-electron chi connectivity index (χ2n) is 13.9. The Morgan fingerprint density at radius 1 is 0.509 bits per heavy atom. The lowest BCUT2D eigenvalue weighted by Crippen LogP contribution is -2.40. The van der Waals surface area contributed by atoms with E-state index >= 15 is 0 Å². The predicted octanol–water partition coefficient (Wildman–Crippen LogP) is 13.5. The molecule has 0 atom stereocenters. The van der Waals surface area contributed by atoms with Crippen molar-refractivity contribution in [3.05, 3.63) is 169 Å². The van der Waals surface area contributed by atoms with Crippen molar-refractivity contribution >= 4 is 87.0 Å². The molecule has 0 fully saturated rings. The van der Waals surface area contributed by atoms with Gasteiger partial charge in [0.15, 0.2) is 0 Å². The van der Waals surface area contributed by atoms with E-state index in [2.05, 4.69) is 182 Å². The summed E-state index contributed by atoms with van der Waals surface area (Å²) in [5.41, 5.74) is 10.9. The summed E-state index contributed by atoms with van der Waals surface area (Å²) in [6, 6.07) is 56.8. The van der Waals surface area contributed by atoms with Crippen LogP contribution in [0.15, 0.2) is 158 Å². The van der Waals surface area contributed by atoms with E-state index in [1.807, 2.05) is 11.3 Å². The van der Waals surface area contributed by atoms with E-state index in [4.69, 9.17) is 9.97 Å². The zero-order chi connectivity index (χ0) is 35.2. The molecule has 0 radical (unpaired) electrons. The van der Waals surface area contributed by atoms with Crippen LogP contribution in [0, 0.1) is 13.8 Å². The highest BCUT2D eigenvalue weighted by Gasteiger charge is 2.38. The largest absolute Gasteiger partial charge is 0.251 e. The lowest BCUT2D eigenvalue weighted by atomic mass is 9.87. The van der Waals surface area contributed by atoms with Crippen LogP contribution >= 0.6 is 11.3 Å². The number of hydrogen-bond acceptors (Lipinski definition) is 5. The van der Waals surface area contributed by atoms with Crippen LogP contribution in [-0.2, 0) is 0 Å². The van der Waals surface area contributed by atoms with Crippen molar-refractivity contribution in [2.75, 3.05) is 10.0 Å². The monoisotopic (exact) mass is 696 g/mol. The summed E-state index contributed by atoms with van der Waals surface area (Å²) < 4.78 is 2.47. The van der Waals surface area contributed by atoms with Crippen LogP contribution in [0.5, 0.6) is 0 Å². The molecule has 10 aromatic rings. The fourth-order valence-electron chi connectivity index (χ4n) is 8.37. The van der Waals surface area contributed by atoms with Gasteiger partial charge >= 0.3 is 0 Å². The van der Waals surface area contributed by atoms with E-state index in [1.54, 1.807) is 0 Å². The number of rotatable bonds is 3. The summed E-state index contributed by atoms with van der Waals surface area (Å²) in [5, 5.41) is 13.1. The predicted molar refractivity (Wildman–Crippen MR) is 225 cm³/mol. The third-order valence-corrected chi connectivity index (χ3v) is 11.9. The Labute approximate surface area is 310 Å². The maximum atomic E-state index is 5.60. The normalized spacial score (nSPS) is 12.6. The van der Waals surface area contributed by atoms with E-state index < -0.39 is 0 Å². The summed E-state index contributed by atoms with van der Waals surface area (Å²) in [5.74, 6) is 0.622. The van der Waals surface area contributed by atoms with Crippen LogP contribution in [0.1, 0.15) is 11.1 Å². The van der Waals surface area contributed by atoms with Gasteiger partial charge in [-0.05, 0) is 71.3 Å². The lowest BCUT2D eigenvalue weighted by Gasteiger charge is -2.43. The molecule has 0 spiro atoms. The molecule has 0 amide bonds. The highest BCUT2D eigenvalue weighted by atomic mass is 32.1. The van der Waals surface area contributed by atoms with E-state index in [9.17, 15) is 0 Å². The number of aromatic nitrogens is 2. The number of nitrogens with zero attached hydrogens (tertiary/aromatic N) is 4. The first-order valence-corrected chi connectivity index (χ1v) is 18.8. The van der Waals surface area contributed by atoms with Crippen LogP contribution in [0.4, 0.5) is 23.0 Å². The molecule has 5 heteroatoms. The smallest absolute Gasteiger partial charge is 0.246 e. The van der Waals surface area contributed by atoms with Gasteiger partial charge in [-0.1, -0.05) is 133 Å². The Hall–Kier alpha value is -6.56. The maximum absolute atomic E-state index is 5.60. The Morgan fingerprint density at radius 2 is 1.23 bits per heavy atom. The molecular weight excluding hydrogens is 665 g/mol. The molecule has 0 bridgehead atoms.